The van der Waals surface area contributed by atoms with Gasteiger partial charge in [-0.3, -0.25) is 4.90 Å². The number of nitrogens with one attached hydrogen (secondary N) is 2. The lowest BCUT2D eigenvalue weighted by Gasteiger charge is -2.71. The summed E-state index contributed by atoms with van der Waals surface area (Å²) in [5, 5.41) is 6.23. The lowest BCUT2D eigenvalue weighted by molar-refractivity contribution is -0.225. The van der Waals surface area contributed by atoms with Gasteiger partial charge in [-0.15, -0.1) is 0 Å². The van der Waals surface area contributed by atoms with Crippen molar-refractivity contribution in [1.82, 2.24) is 15.5 Å². The van der Waals surface area contributed by atoms with Crippen molar-refractivity contribution >= 4 is 6.03 Å². The molecule has 6 aliphatic rings. The Kier molecular flexibility index (Phi) is 4.69. The Hall–Kier alpha value is -0.810. The van der Waals surface area contributed by atoms with E-state index in [1.165, 1.54) is 83.7 Å². The lowest BCUT2D eigenvalue weighted by Crippen LogP contribution is -2.72. The van der Waals surface area contributed by atoms with Crippen LogP contribution in [0.5, 0.6) is 0 Å². The van der Waals surface area contributed by atoms with Crippen LogP contribution < -0.4 is 10.6 Å². The Morgan fingerprint density at radius 2 is 1.87 bits per heavy atom. The molecule has 168 valence electrons. The number of hydrogen-bond acceptors (Lipinski definition) is 3. The van der Waals surface area contributed by atoms with Crippen LogP contribution in [0.3, 0.4) is 0 Å². The van der Waals surface area contributed by atoms with Crippen molar-refractivity contribution in [1.29, 1.82) is 0 Å². The van der Waals surface area contributed by atoms with Gasteiger partial charge < -0.3 is 15.4 Å². The van der Waals surface area contributed by atoms with E-state index in [0.29, 0.717) is 28.9 Å². The van der Waals surface area contributed by atoms with Crippen LogP contribution in [0.1, 0.15) is 70.6 Å². The minimum Gasteiger partial charge on any atom is -0.381 e. The maximum atomic E-state index is 12.3. The number of amides is 2. The molecule has 2 N–H and O–H groups in total. The summed E-state index contributed by atoms with van der Waals surface area (Å²) in [6, 6.07) is 1.18. The fraction of sp³-hybridized carbons (Fsp3) is 0.960. The van der Waals surface area contributed by atoms with Gasteiger partial charge in [0.05, 0.1) is 6.10 Å². The first-order chi connectivity index (χ1) is 14.6. The van der Waals surface area contributed by atoms with Gasteiger partial charge in [-0.25, -0.2) is 4.79 Å². The highest BCUT2D eigenvalue weighted by Crippen LogP contribution is 2.76. The van der Waals surface area contributed by atoms with Crippen molar-refractivity contribution in [3.8, 4) is 0 Å². The Bertz CT molecular complexity index is 696. The van der Waals surface area contributed by atoms with Crippen LogP contribution in [-0.2, 0) is 4.74 Å². The first-order valence-electron chi connectivity index (χ1n) is 12.9. The molecule has 0 radical (unpaired) electrons. The number of methoxy groups -OCH3 is 1. The van der Waals surface area contributed by atoms with Gasteiger partial charge in [0.2, 0.25) is 0 Å². The van der Waals surface area contributed by atoms with E-state index >= 15 is 0 Å². The van der Waals surface area contributed by atoms with E-state index in [1.54, 1.807) is 7.05 Å². The van der Waals surface area contributed by atoms with Crippen LogP contribution in [0.4, 0.5) is 4.79 Å². The first kappa shape index (κ1) is 19.8. The zero-order valence-electron chi connectivity index (χ0n) is 19.0. The predicted molar refractivity (Wildman–Crippen MR) is 117 cm³/mol. The summed E-state index contributed by atoms with van der Waals surface area (Å²) >= 11 is 0. The van der Waals surface area contributed by atoms with Crippen molar-refractivity contribution < 1.29 is 9.53 Å². The van der Waals surface area contributed by atoms with E-state index in [9.17, 15) is 4.79 Å². The molecule has 5 aliphatic carbocycles. The van der Waals surface area contributed by atoms with Gasteiger partial charge in [-0.1, -0.05) is 0 Å². The molecule has 8 unspecified atom stereocenters. The third-order valence-corrected chi connectivity index (χ3v) is 11.0. The Labute approximate surface area is 182 Å². The van der Waals surface area contributed by atoms with Gasteiger partial charge >= 0.3 is 6.03 Å². The average molecular weight is 416 g/mol. The Morgan fingerprint density at radius 3 is 2.63 bits per heavy atom. The second kappa shape index (κ2) is 7.10. The van der Waals surface area contributed by atoms with Crippen LogP contribution in [0.25, 0.3) is 0 Å². The van der Waals surface area contributed by atoms with E-state index in [-0.39, 0.29) is 6.03 Å². The summed E-state index contributed by atoms with van der Waals surface area (Å²) in [7, 11) is 3.68. The number of rotatable bonds is 4. The molecule has 8 atom stereocenters. The molecule has 4 bridgehead atoms. The smallest absolute Gasteiger partial charge is 0.314 e. The highest BCUT2D eigenvalue weighted by Gasteiger charge is 2.74. The monoisotopic (exact) mass is 415 g/mol. The molecule has 1 saturated heterocycles. The Balaban J connectivity index is 1.39. The molecule has 0 aromatic rings. The van der Waals surface area contributed by atoms with Crippen molar-refractivity contribution in [3.63, 3.8) is 0 Å². The average Bonchev–Trinajstić information content (AvgIpc) is 3.54. The number of hydrogen-bond donors (Lipinski definition) is 2. The zero-order valence-corrected chi connectivity index (χ0v) is 19.0. The van der Waals surface area contributed by atoms with E-state index < -0.39 is 0 Å². The number of carbonyl (C=O) groups excluding carboxylic acids is 1. The summed E-state index contributed by atoms with van der Waals surface area (Å²) in [6.45, 7) is 2.66. The van der Waals surface area contributed by atoms with Crippen molar-refractivity contribution in [2.45, 2.75) is 88.8 Å². The van der Waals surface area contributed by atoms with E-state index in [1.807, 2.05) is 7.11 Å². The predicted octanol–water partition coefficient (Wildman–Crippen LogP) is 3.78. The highest BCUT2D eigenvalue weighted by atomic mass is 16.5. The summed E-state index contributed by atoms with van der Waals surface area (Å²) in [4.78, 5) is 15.3. The van der Waals surface area contributed by atoms with Gasteiger partial charge in [0.25, 0.3) is 0 Å². The number of likely N-dealkylation sites (tertiary alicyclic amines) is 1. The molecule has 5 nitrogen and oxygen atoms in total. The fourth-order valence-corrected chi connectivity index (χ4v) is 9.79. The second-order valence-electron chi connectivity index (χ2n) is 11.7. The molecule has 2 amide bonds. The van der Waals surface area contributed by atoms with E-state index in [2.05, 4.69) is 15.5 Å². The molecule has 0 aromatic carbocycles. The third-order valence-electron chi connectivity index (χ3n) is 11.0. The van der Waals surface area contributed by atoms with Gasteiger partial charge in [-0.2, -0.15) is 0 Å². The van der Waals surface area contributed by atoms with Crippen molar-refractivity contribution in [2.75, 3.05) is 27.2 Å². The maximum absolute atomic E-state index is 12.3. The Morgan fingerprint density at radius 1 is 1.03 bits per heavy atom. The quantitative estimate of drug-likeness (QED) is 0.735. The number of fused-ring (bicyclic) bond motifs is 1. The molecule has 1 aliphatic heterocycles. The fourth-order valence-electron chi connectivity index (χ4n) is 9.79. The van der Waals surface area contributed by atoms with Gasteiger partial charge in [-0.05, 0) is 112 Å². The van der Waals surface area contributed by atoms with E-state index in [0.717, 1.165) is 23.8 Å². The van der Waals surface area contributed by atoms with Gasteiger partial charge in [0.15, 0.2) is 0 Å². The number of carbonyl (C=O) groups is 1. The minimum absolute atomic E-state index is 0.0179. The molecule has 5 saturated carbocycles. The molecule has 6 rings (SSSR count). The number of piperidine rings is 1. The molecule has 5 heteroatoms. The standard InChI is InChI=1S/C25H41N3O2/c1-26-23(29)27-21-8-10-24-9-7-19(21)25(24)11-12-28(15-16-3-4-16)22(24)13-17-5-6-18(30-2)14-20(17)25/h16-22H,3-15H2,1-2H3,(H2,26,27,29). The van der Waals surface area contributed by atoms with Crippen LogP contribution in [0, 0.1) is 34.5 Å². The molecule has 0 spiro atoms. The summed E-state index contributed by atoms with van der Waals surface area (Å²) in [5.41, 5.74) is 0.935. The molecule has 30 heavy (non-hydrogen) atoms. The third kappa shape index (κ3) is 2.63. The normalized spacial score (nSPS) is 49.8. The second-order valence-corrected chi connectivity index (χ2v) is 11.7. The maximum Gasteiger partial charge on any atom is 0.314 e. The zero-order chi connectivity index (χ0) is 20.5. The minimum atomic E-state index is 0.0179. The largest absolute Gasteiger partial charge is 0.381 e. The highest BCUT2D eigenvalue weighted by molar-refractivity contribution is 5.73. The first-order valence-corrected chi connectivity index (χ1v) is 12.9. The molecule has 1 heterocycles. The lowest BCUT2D eigenvalue weighted by atomic mass is 9.38. The van der Waals surface area contributed by atoms with Crippen LogP contribution in [0.2, 0.25) is 0 Å². The van der Waals surface area contributed by atoms with Crippen LogP contribution >= 0.6 is 0 Å². The SMILES string of the molecule is CNC(=O)NC1CCC23CCC1C21CCN(CC2CC2)C3CC2CCC(OC)CC21. The summed E-state index contributed by atoms with van der Waals surface area (Å²) in [5.74, 6) is 3.32. The van der Waals surface area contributed by atoms with Gasteiger partial charge in [0, 0.05) is 32.8 Å². The van der Waals surface area contributed by atoms with Crippen molar-refractivity contribution in [3.05, 3.63) is 0 Å². The number of nitrogens with zero attached hydrogens (tertiary/aromatic N) is 1. The number of urea groups is 1. The molecular weight excluding hydrogens is 374 g/mol. The molecular formula is C25H41N3O2. The van der Waals surface area contributed by atoms with Crippen molar-refractivity contribution in [2.24, 2.45) is 34.5 Å². The topological polar surface area (TPSA) is 53.6 Å². The van der Waals surface area contributed by atoms with E-state index in [4.69, 9.17) is 4.74 Å². The number of ether oxygens (including phenoxy) is 1. The van der Waals surface area contributed by atoms with Crippen LogP contribution in [0.15, 0.2) is 0 Å². The van der Waals surface area contributed by atoms with Crippen LogP contribution in [-0.4, -0.2) is 56.4 Å². The van der Waals surface area contributed by atoms with Gasteiger partial charge in [0.1, 0.15) is 0 Å². The molecule has 0 aromatic heterocycles. The summed E-state index contributed by atoms with van der Waals surface area (Å²) in [6.07, 6.45) is 15.3. The summed E-state index contributed by atoms with van der Waals surface area (Å²) < 4.78 is 5.94. The molecule has 6 fully saturated rings.